The molecule has 2 rings (SSSR count). The summed E-state index contributed by atoms with van der Waals surface area (Å²) in [4.78, 5) is 9.23. The molecule has 0 aliphatic carbocycles. The second kappa shape index (κ2) is 2.03. The molecule has 9 heteroatoms. The Hall–Kier alpha value is 0.110. The third-order valence-electron chi connectivity index (χ3n) is 2.40. The van der Waals surface area contributed by atoms with Gasteiger partial charge in [0.15, 0.2) is 5.66 Å². The van der Waals surface area contributed by atoms with Crippen LogP contribution in [0.5, 0.6) is 0 Å². The number of nitrogens with two attached hydrogens (primary N) is 5. The molecule has 3 atom stereocenters. The molecule has 8 nitrogen and oxygen atoms in total. The van der Waals surface area contributed by atoms with Crippen LogP contribution in [-0.2, 0) is 14.5 Å². The van der Waals surface area contributed by atoms with Crippen molar-refractivity contribution in [3.63, 3.8) is 0 Å². The molecule has 13 heavy (non-hydrogen) atoms. The van der Waals surface area contributed by atoms with Gasteiger partial charge in [-0.2, -0.15) is 4.89 Å². The molecule has 2 aliphatic rings. The van der Waals surface area contributed by atoms with Gasteiger partial charge in [-0.3, -0.25) is 17.2 Å². The van der Waals surface area contributed by atoms with Crippen LogP contribution >= 0.6 is 9.24 Å². The highest BCUT2D eigenvalue weighted by Gasteiger charge is 2.82. The van der Waals surface area contributed by atoms with E-state index in [4.69, 9.17) is 33.4 Å². The van der Waals surface area contributed by atoms with Crippen LogP contribution in [0.1, 0.15) is 0 Å². The van der Waals surface area contributed by atoms with Crippen LogP contribution in [0.2, 0.25) is 0 Å². The van der Waals surface area contributed by atoms with Gasteiger partial charge in [0.2, 0.25) is 11.6 Å². The first-order valence-electron chi connectivity index (χ1n) is 3.47. The Bertz CT molecular complexity index is 257. The first-order valence-corrected chi connectivity index (χ1v) is 4.04. The van der Waals surface area contributed by atoms with Crippen molar-refractivity contribution < 1.29 is 14.5 Å². The van der Waals surface area contributed by atoms with Gasteiger partial charge in [-0.15, -0.1) is 0 Å². The van der Waals surface area contributed by atoms with Crippen LogP contribution in [-0.4, -0.2) is 22.8 Å². The molecule has 0 amide bonds. The van der Waals surface area contributed by atoms with Crippen molar-refractivity contribution in [1.82, 2.24) is 0 Å². The molecule has 0 saturated carbocycles. The average Bonchev–Trinajstić information content (AvgIpc) is 2.03. The van der Waals surface area contributed by atoms with Gasteiger partial charge in [-0.05, 0) is 0 Å². The van der Waals surface area contributed by atoms with E-state index in [1.165, 1.54) is 0 Å². The van der Waals surface area contributed by atoms with Crippen LogP contribution in [0.15, 0.2) is 0 Å². The number of fused-ring (bicyclic) bond motifs is 1. The Labute approximate surface area is 76.1 Å². The molecule has 0 spiro atoms. The van der Waals surface area contributed by atoms with E-state index >= 15 is 0 Å². The lowest BCUT2D eigenvalue weighted by molar-refractivity contribution is -0.564. The van der Waals surface area contributed by atoms with Gasteiger partial charge >= 0.3 is 0 Å². The number of hydrogen-bond acceptors (Lipinski definition) is 8. The van der Waals surface area contributed by atoms with Gasteiger partial charge in [0.25, 0.3) is 5.53 Å². The van der Waals surface area contributed by atoms with Crippen molar-refractivity contribution in [2.24, 2.45) is 28.7 Å². The number of hydrogen-bond donors (Lipinski definition) is 5. The Morgan fingerprint density at radius 1 is 0.923 bits per heavy atom. The van der Waals surface area contributed by atoms with Gasteiger partial charge in [0, 0.05) is 0 Å². The fourth-order valence-electron chi connectivity index (χ4n) is 1.29. The van der Waals surface area contributed by atoms with E-state index in [0.29, 0.717) is 0 Å². The molecule has 76 valence electrons. The monoisotopic (exact) mass is 209 g/mol. The summed E-state index contributed by atoms with van der Waals surface area (Å²) < 4.78 is 5.05. The highest BCUT2D eigenvalue weighted by atomic mass is 31.0. The van der Waals surface area contributed by atoms with Crippen LogP contribution in [0.4, 0.5) is 0 Å². The third kappa shape index (κ3) is 0.769. The van der Waals surface area contributed by atoms with Crippen molar-refractivity contribution in [3.8, 4) is 0 Å². The fraction of sp³-hybridized carbons (Fsp3) is 1.00. The summed E-state index contributed by atoms with van der Waals surface area (Å²) in [6, 6.07) is 0. The highest BCUT2D eigenvalue weighted by Crippen LogP contribution is 2.55. The standard InChI is InChI=1S/C4H12N5O3P/c5-1(6)2(7)4(13,12-11-2)10-3(1,8)9/h5-9,13H2. The van der Waals surface area contributed by atoms with E-state index in [-0.39, 0.29) is 0 Å². The van der Waals surface area contributed by atoms with Crippen molar-refractivity contribution in [1.29, 1.82) is 0 Å². The summed E-state index contributed by atoms with van der Waals surface area (Å²) in [7, 11) is 2.16. The Morgan fingerprint density at radius 2 is 1.46 bits per heavy atom. The van der Waals surface area contributed by atoms with E-state index in [2.05, 4.69) is 19.0 Å². The maximum atomic E-state index is 5.69. The molecule has 0 radical (unpaired) electrons. The Morgan fingerprint density at radius 3 is 1.62 bits per heavy atom. The first-order chi connectivity index (χ1) is 5.66. The zero-order chi connectivity index (χ0) is 10.1. The minimum absolute atomic E-state index is 1.39. The SMILES string of the molecule is NC1(N)OC2(P)OOC2(N)C1(N)N. The van der Waals surface area contributed by atoms with Crippen LogP contribution in [0, 0.1) is 0 Å². The van der Waals surface area contributed by atoms with Crippen LogP contribution < -0.4 is 28.7 Å². The quantitative estimate of drug-likeness (QED) is 0.155. The molecule has 0 bridgehead atoms. The summed E-state index contributed by atoms with van der Waals surface area (Å²) in [5.41, 5.74) is 23.2. The number of ether oxygens (including phenoxy) is 1. The van der Waals surface area contributed by atoms with Crippen molar-refractivity contribution in [3.05, 3.63) is 0 Å². The lowest BCUT2D eigenvalue weighted by Crippen LogP contribution is -2.87. The molecule has 3 unspecified atom stereocenters. The fourth-order valence-corrected chi connectivity index (χ4v) is 1.82. The molecule has 2 fully saturated rings. The normalized spacial score (nSPS) is 51.2. The minimum Gasteiger partial charge on any atom is -0.305 e. The molecular weight excluding hydrogens is 197 g/mol. The van der Waals surface area contributed by atoms with Crippen LogP contribution in [0.25, 0.3) is 0 Å². The van der Waals surface area contributed by atoms with Crippen molar-refractivity contribution >= 4 is 9.24 Å². The predicted molar refractivity (Wildman–Crippen MR) is 44.8 cm³/mol. The van der Waals surface area contributed by atoms with Crippen molar-refractivity contribution in [2.45, 2.75) is 22.8 Å². The molecule has 0 aromatic heterocycles. The Kier molecular flexibility index (Phi) is 1.51. The van der Waals surface area contributed by atoms with E-state index in [0.717, 1.165) is 0 Å². The summed E-state index contributed by atoms with van der Waals surface area (Å²) in [5.74, 6) is -1.82. The van der Waals surface area contributed by atoms with Gasteiger partial charge < -0.3 is 16.2 Å². The van der Waals surface area contributed by atoms with Gasteiger partial charge in [0.05, 0.1) is 0 Å². The molecule has 2 heterocycles. The van der Waals surface area contributed by atoms with Crippen molar-refractivity contribution in [2.75, 3.05) is 0 Å². The molecule has 2 aliphatic heterocycles. The van der Waals surface area contributed by atoms with Crippen LogP contribution in [0.3, 0.4) is 0 Å². The maximum Gasteiger partial charge on any atom is 0.265 e. The smallest absolute Gasteiger partial charge is 0.265 e. The second-order valence-corrected chi connectivity index (χ2v) is 4.09. The zero-order valence-corrected chi connectivity index (χ0v) is 7.84. The zero-order valence-electron chi connectivity index (χ0n) is 6.69. The summed E-state index contributed by atoms with van der Waals surface area (Å²) in [5, 5.41) is 0. The van der Waals surface area contributed by atoms with E-state index in [1.807, 2.05) is 0 Å². The minimum atomic E-state index is -1.82. The average molecular weight is 209 g/mol. The third-order valence-corrected chi connectivity index (χ3v) is 3.04. The summed E-state index contributed by atoms with van der Waals surface area (Å²) in [6.07, 6.45) is 0. The maximum absolute atomic E-state index is 5.69. The number of rotatable bonds is 0. The lowest BCUT2D eigenvalue weighted by Gasteiger charge is -2.49. The van der Waals surface area contributed by atoms with Gasteiger partial charge in [-0.1, -0.05) is 9.24 Å². The predicted octanol–water partition coefficient (Wildman–Crippen LogP) is -3.65. The van der Waals surface area contributed by atoms with E-state index in [1.54, 1.807) is 0 Å². The van der Waals surface area contributed by atoms with E-state index < -0.39 is 22.8 Å². The van der Waals surface area contributed by atoms with Gasteiger partial charge in [0.1, 0.15) is 0 Å². The molecular formula is C4H12N5O3P. The molecule has 0 aromatic carbocycles. The molecule has 0 aromatic rings. The molecule has 10 N–H and O–H groups in total. The Balaban J connectivity index is 2.48. The summed E-state index contributed by atoms with van der Waals surface area (Å²) >= 11 is 0. The topological polar surface area (TPSA) is 158 Å². The second-order valence-electron chi connectivity index (χ2n) is 3.33. The molecule has 2 saturated heterocycles. The first kappa shape index (κ1) is 9.66. The summed E-state index contributed by atoms with van der Waals surface area (Å²) in [6.45, 7) is 0. The lowest BCUT2D eigenvalue weighted by atomic mass is 9.95. The van der Waals surface area contributed by atoms with E-state index in [9.17, 15) is 0 Å². The highest BCUT2D eigenvalue weighted by molar-refractivity contribution is 7.18. The largest absolute Gasteiger partial charge is 0.305 e. The van der Waals surface area contributed by atoms with Gasteiger partial charge in [-0.25, -0.2) is 4.89 Å².